The summed E-state index contributed by atoms with van der Waals surface area (Å²) in [4.78, 5) is 0. The molecule has 2 aromatic rings. The van der Waals surface area contributed by atoms with Gasteiger partial charge in [0.1, 0.15) is 5.76 Å². The van der Waals surface area contributed by atoms with E-state index in [9.17, 15) is 0 Å². The van der Waals surface area contributed by atoms with Gasteiger partial charge in [-0.3, -0.25) is 0 Å². The second-order valence-corrected chi connectivity index (χ2v) is 4.39. The molecule has 0 spiro atoms. The standard InChI is InChI=1S/C11H11IO2/c1-8-4-9(6-13-8)2-3-10-5-11(12)14-7-10/h4-7H,2-3H2,1H3. The Labute approximate surface area is 96.4 Å². The van der Waals surface area contributed by atoms with Crippen LogP contribution in [0.4, 0.5) is 0 Å². The first kappa shape index (κ1) is 9.83. The van der Waals surface area contributed by atoms with Crippen LogP contribution in [-0.4, -0.2) is 0 Å². The molecule has 0 radical (unpaired) electrons. The first-order valence-corrected chi connectivity index (χ1v) is 5.59. The van der Waals surface area contributed by atoms with Crippen molar-refractivity contribution in [3.05, 3.63) is 45.3 Å². The van der Waals surface area contributed by atoms with Gasteiger partial charge in [-0.05, 0) is 65.6 Å². The molecule has 0 N–H and O–H groups in total. The van der Waals surface area contributed by atoms with Crippen molar-refractivity contribution in [3.63, 3.8) is 0 Å². The highest BCUT2D eigenvalue weighted by molar-refractivity contribution is 14.1. The van der Waals surface area contributed by atoms with Crippen molar-refractivity contribution in [1.82, 2.24) is 0 Å². The lowest BCUT2D eigenvalue weighted by Gasteiger charge is -1.92. The number of rotatable bonds is 3. The van der Waals surface area contributed by atoms with Gasteiger partial charge in [0.15, 0.2) is 3.77 Å². The highest BCUT2D eigenvalue weighted by atomic mass is 127. The van der Waals surface area contributed by atoms with E-state index in [4.69, 9.17) is 8.83 Å². The molecule has 0 fully saturated rings. The summed E-state index contributed by atoms with van der Waals surface area (Å²) < 4.78 is 11.4. The molecule has 74 valence electrons. The first-order valence-electron chi connectivity index (χ1n) is 4.51. The van der Waals surface area contributed by atoms with Crippen molar-refractivity contribution in [2.24, 2.45) is 0 Å². The van der Waals surface area contributed by atoms with Crippen LogP contribution in [0.3, 0.4) is 0 Å². The third-order valence-electron chi connectivity index (χ3n) is 2.11. The highest BCUT2D eigenvalue weighted by Crippen LogP contribution is 2.14. The lowest BCUT2D eigenvalue weighted by Crippen LogP contribution is -1.86. The largest absolute Gasteiger partial charge is 0.469 e. The molecule has 0 bridgehead atoms. The van der Waals surface area contributed by atoms with E-state index in [0.717, 1.165) is 22.4 Å². The van der Waals surface area contributed by atoms with Crippen LogP contribution in [0.2, 0.25) is 0 Å². The molecular weight excluding hydrogens is 291 g/mol. The molecule has 0 saturated carbocycles. The van der Waals surface area contributed by atoms with E-state index in [-0.39, 0.29) is 0 Å². The predicted molar refractivity (Wildman–Crippen MR) is 62.3 cm³/mol. The minimum Gasteiger partial charge on any atom is -0.469 e. The molecule has 0 saturated heterocycles. The van der Waals surface area contributed by atoms with Crippen molar-refractivity contribution in [3.8, 4) is 0 Å². The second-order valence-electron chi connectivity index (χ2n) is 3.32. The lowest BCUT2D eigenvalue weighted by atomic mass is 10.1. The Bertz CT molecular complexity index is 374. The second kappa shape index (κ2) is 4.21. The molecule has 0 aromatic carbocycles. The smallest absolute Gasteiger partial charge is 0.163 e. The van der Waals surface area contributed by atoms with Gasteiger partial charge >= 0.3 is 0 Å². The van der Waals surface area contributed by atoms with Gasteiger partial charge < -0.3 is 8.83 Å². The van der Waals surface area contributed by atoms with E-state index in [1.165, 1.54) is 11.1 Å². The van der Waals surface area contributed by atoms with Crippen LogP contribution in [0.5, 0.6) is 0 Å². The molecule has 0 aliphatic carbocycles. The highest BCUT2D eigenvalue weighted by Gasteiger charge is 2.01. The molecule has 0 aliphatic heterocycles. The molecule has 0 unspecified atom stereocenters. The van der Waals surface area contributed by atoms with Crippen molar-refractivity contribution >= 4 is 22.6 Å². The van der Waals surface area contributed by atoms with E-state index in [0.29, 0.717) is 0 Å². The Morgan fingerprint density at radius 3 is 2.21 bits per heavy atom. The van der Waals surface area contributed by atoms with Crippen LogP contribution in [0.25, 0.3) is 0 Å². The van der Waals surface area contributed by atoms with Crippen molar-refractivity contribution in [2.45, 2.75) is 19.8 Å². The molecule has 0 aliphatic rings. The first-order chi connectivity index (χ1) is 6.74. The van der Waals surface area contributed by atoms with Crippen LogP contribution >= 0.6 is 22.6 Å². The van der Waals surface area contributed by atoms with Gasteiger partial charge in [-0.15, -0.1) is 0 Å². The fourth-order valence-corrected chi connectivity index (χ4v) is 1.92. The van der Waals surface area contributed by atoms with E-state index in [1.807, 2.05) is 19.5 Å². The average Bonchev–Trinajstić information content (AvgIpc) is 2.72. The third-order valence-corrected chi connectivity index (χ3v) is 2.67. The van der Waals surface area contributed by atoms with Gasteiger partial charge in [-0.1, -0.05) is 0 Å². The van der Waals surface area contributed by atoms with E-state index < -0.39 is 0 Å². The maximum Gasteiger partial charge on any atom is 0.163 e. The zero-order chi connectivity index (χ0) is 9.97. The minimum absolute atomic E-state index is 0.945. The van der Waals surface area contributed by atoms with Crippen molar-refractivity contribution < 1.29 is 8.83 Å². The average molecular weight is 302 g/mol. The monoisotopic (exact) mass is 302 g/mol. The predicted octanol–water partition coefficient (Wildman–Crippen LogP) is 3.57. The number of halogens is 1. The van der Waals surface area contributed by atoms with E-state index in [1.54, 1.807) is 0 Å². The molecule has 3 heteroatoms. The molecule has 14 heavy (non-hydrogen) atoms. The Kier molecular flexibility index (Phi) is 2.96. The summed E-state index contributed by atoms with van der Waals surface area (Å²) in [6.45, 7) is 1.96. The summed E-state index contributed by atoms with van der Waals surface area (Å²) in [6.07, 6.45) is 5.65. The molecule has 0 atom stereocenters. The van der Waals surface area contributed by atoms with Gasteiger partial charge in [0, 0.05) is 0 Å². The maximum absolute atomic E-state index is 5.23. The summed E-state index contributed by atoms with van der Waals surface area (Å²) in [5.74, 6) is 0.974. The molecule has 2 rings (SSSR count). The van der Waals surface area contributed by atoms with Crippen molar-refractivity contribution in [2.75, 3.05) is 0 Å². The van der Waals surface area contributed by atoms with E-state index >= 15 is 0 Å². The number of aryl methyl sites for hydroxylation is 3. The van der Waals surface area contributed by atoms with Gasteiger partial charge in [0.2, 0.25) is 0 Å². The Morgan fingerprint density at radius 2 is 1.71 bits per heavy atom. The summed E-state index contributed by atoms with van der Waals surface area (Å²) in [7, 11) is 0. The number of hydrogen-bond donors (Lipinski definition) is 0. The molecule has 0 amide bonds. The Balaban J connectivity index is 1.94. The molecule has 2 nitrogen and oxygen atoms in total. The van der Waals surface area contributed by atoms with Gasteiger partial charge in [-0.2, -0.15) is 0 Å². The Hall–Kier alpha value is -0.710. The summed E-state index contributed by atoms with van der Waals surface area (Å²) >= 11 is 2.17. The summed E-state index contributed by atoms with van der Waals surface area (Å²) in [6, 6.07) is 4.14. The minimum atomic E-state index is 0.945. The maximum atomic E-state index is 5.23. The normalized spacial score (nSPS) is 10.7. The quantitative estimate of drug-likeness (QED) is 0.810. The zero-order valence-electron chi connectivity index (χ0n) is 7.92. The van der Waals surface area contributed by atoms with Gasteiger partial charge in [0.25, 0.3) is 0 Å². The van der Waals surface area contributed by atoms with Gasteiger partial charge in [-0.25, -0.2) is 0 Å². The van der Waals surface area contributed by atoms with Crippen LogP contribution in [0.1, 0.15) is 16.9 Å². The number of furan rings is 2. The topological polar surface area (TPSA) is 26.3 Å². The third kappa shape index (κ3) is 2.41. The SMILES string of the molecule is Cc1cc(CCc2coc(I)c2)co1. The van der Waals surface area contributed by atoms with Gasteiger partial charge in [0.05, 0.1) is 12.5 Å². The lowest BCUT2D eigenvalue weighted by molar-refractivity contribution is 0.530. The summed E-state index contributed by atoms with van der Waals surface area (Å²) in [5.41, 5.74) is 2.49. The van der Waals surface area contributed by atoms with Crippen LogP contribution in [0, 0.1) is 10.7 Å². The zero-order valence-corrected chi connectivity index (χ0v) is 10.1. The molecular formula is C11H11IO2. The van der Waals surface area contributed by atoms with Crippen LogP contribution in [0.15, 0.2) is 33.5 Å². The Morgan fingerprint density at radius 1 is 1.07 bits per heavy atom. The fraction of sp³-hybridized carbons (Fsp3) is 0.273. The summed E-state index contributed by atoms with van der Waals surface area (Å²) in [5, 5.41) is 0. The fourth-order valence-electron chi connectivity index (χ4n) is 1.39. The van der Waals surface area contributed by atoms with Crippen LogP contribution in [-0.2, 0) is 12.8 Å². The molecule has 2 aromatic heterocycles. The van der Waals surface area contributed by atoms with E-state index in [2.05, 4.69) is 34.7 Å². The van der Waals surface area contributed by atoms with Crippen molar-refractivity contribution in [1.29, 1.82) is 0 Å². The molecule has 2 heterocycles. The number of hydrogen-bond acceptors (Lipinski definition) is 2. The van der Waals surface area contributed by atoms with Crippen LogP contribution < -0.4 is 0 Å².